The Balaban J connectivity index is 2.44. The van der Waals surface area contributed by atoms with Crippen LogP contribution in [-0.4, -0.2) is 11.5 Å². The minimum absolute atomic E-state index is 0.434. The molecule has 1 aliphatic rings. The molecule has 6 heteroatoms. The molecule has 82 valence electrons. The molecular weight excluding hydrogens is 207 g/mol. The van der Waals surface area contributed by atoms with Crippen molar-refractivity contribution in [2.24, 2.45) is 5.84 Å². The molecule has 0 spiro atoms. The van der Waals surface area contributed by atoms with Crippen LogP contribution in [0.4, 0.5) is 18.9 Å². The second-order valence-electron chi connectivity index (χ2n) is 3.49. The Bertz CT molecular complexity index is 375. The molecule has 15 heavy (non-hydrogen) atoms. The molecule has 0 bridgehead atoms. The van der Waals surface area contributed by atoms with Gasteiger partial charge in [-0.1, -0.05) is 0 Å². The van der Waals surface area contributed by atoms with Crippen LogP contribution >= 0.6 is 0 Å². The Labute approximate surface area is 84.7 Å². The van der Waals surface area contributed by atoms with Crippen molar-refractivity contribution >= 4 is 5.69 Å². The highest BCUT2D eigenvalue weighted by atomic mass is 19.4. The first-order valence-electron chi connectivity index (χ1n) is 4.57. The van der Waals surface area contributed by atoms with Gasteiger partial charge in [-0.2, -0.15) is 13.2 Å². The van der Waals surface area contributed by atoms with Gasteiger partial charge in [0.05, 0.1) is 5.69 Å². The summed E-state index contributed by atoms with van der Waals surface area (Å²) in [5, 5.41) is 1.34. The van der Waals surface area contributed by atoms with Crippen molar-refractivity contribution in [1.82, 2.24) is 4.98 Å². The van der Waals surface area contributed by atoms with Crippen LogP contribution in [0.3, 0.4) is 0 Å². The van der Waals surface area contributed by atoms with Gasteiger partial charge in [0.1, 0.15) is 5.69 Å². The fourth-order valence-corrected chi connectivity index (χ4v) is 1.65. The Morgan fingerprint density at radius 2 is 2.13 bits per heavy atom. The first-order chi connectivity index (χ1) is 6.98. The molecule has 1 aromatic rings. The lowest BCUT2D eigenvalue weighted by molar-refractivity contribution is -0.141. The summed E-state index contributed by atoms with van der Waals surface area (Å²) in [6.07, 6.45) is -1.57. The maximum absolute atomic E-state index is 12.4. The van der Waals surface area contributed by atoms with Crippen LogP contribution in [-0.2, 0) is 12.6 Å². The third-order valence-electron chi connectivity index (χ3n) is 2.41. The third kappa shape index (κ3) is 1.90. The Morgan fingerprint density at radius 1 is 1.40 bits per heavy atom. The second-order valence-corrected chi connectivity index (χ2v) is 3.49. The number of nitrogens with two attached hydrogens (primary N) is 1. The molecular formula is C9H10F3N3. The number of rotatable bonds is 0. The smallest absolute Gasteiger partial charge is 0.311 e. The van der Waals surface area contributed by atoms with Gasteiger partial charge in [0.15, 0.2) is 0 Å². The van der Waals surface area contributed by atoms with E-state index >= 15 is 0 Å². The normalized spacial score (nSPS) is 16.4. The summed E-state index contributed by atoms with van der Waals surface area (Å²) < 4.78 is 37.1. The molecule has 0 saturated carbocycles. The quantitative estimate of drug-likeness (QED) is 0.673. The number of alkyl halides is 3. The number of aryl methyl sites for hydroxylation is 1. The number of hydrogen-bond donors (Lipinski definition) is 1. The second kappa shape index (κ2) is 3.37. The van der Waals surface area contributed by atoms with Gasteiger partial charge in [0, 0.05) is 12.7 Å². The van der Waals surface area contributed by atoms with E-state index in [2.05, 4.69) is 4.98 Å². The molecule has 0 unspecified atom stereocenters. The lowest BCUT2D eigenvalue weighted by Gasteiger charge is -2.26. The fraction of sp³-hybridized carbons (Fsp3) is 0.444. The van der Waals surface area contributed by atoms with Gasteiger partial charge in [-0.25, -0.2) is 5.84 Å². The predicted octanol–water partition coefficient (Wildman–Crippen LogP) is 1.73. The van der Waals surface area contributed by atoms with Crippen LogP contribution in [0, 0.1) is 0 Å². The van der Waals surface area contributed by atoms with E-state index in [1.54, 1.807) is 0 Å². The first-order valence-corrected chi connectivity index (χ1v) is 4.57. The average Bonchev–Trinajstić information content (AvgIpc) is 2.16. The zero-order valence-electron chi connectivity index (χ0n) is 7.88. The van der Waals surface area contributed by atoms with E-state index in [4.69, 9.17) is 5.84 Å². The van der Waals surface area contributed by atoms with Crippen molar-refractivity contribution in [3.05, 3.63) is 23.5 Å². The number of pyridine rings is 1. The van der Waals surface area contributed by atoms with Crippen LogP contribution in [0.25, 0.3) is 0 Å². The Kier molecular flexibility index (Phi) is 2.30. The maximum atomic E-state index is 12.4. The van der Waals surface area contributed by atoms with E-state index < -0.39 is 11.9 Å². The monoisotopic (exact) mass is 217 g/mol. The molecule has 0 aromatic carbocycles. The van der Waals surface area contributed by atoms with Gasteiger partial charge in [0.25, 0.3) is 0 Å². The van der Waals surface area contributed by atoms with E-state index in [1.807, 2.05) is 0 Å². The molecule has 3 nitrogen and oxygen atoms in total. The highest BCUT2D eigenvalue weighted by Gasteiger charge is 2.33. The zero-order valence-corrected chi connectivity index (χ0v) is 7.88. The third-order valence-corrected chi connectivity index (χ3v) is 2.41. The molecule has 1 aliphatic heterocycles. The van der Waals surface area contributed by atoms with Crippen molar-refractivity contribution in [1.29, 1.82) is 0 Å². The van der Waals surface area contributed by atoms with Gasteiger partial charge >= 0.3 is 6.18 Å². The van der Waals surface area contributed by atoms with Crippen LogP contribution in [0.1, 0.15) is 17.7 Å². The number of hydrogen-bond acceptors (Lipinski definition) is 3. The van der Waals surface area contributed by atoms with E-state index in [0.717, 1.165) is 24.5 Å². The fourth-order valence-electron chi connectivity index (χ4n) is 1.65. The van der Waals surface area contributed by atoms with Crippen LogP contribution in [0.5, 0.6) is 0 Å². The number of halogens is 3. The number of nitrogens with zero attached hydrogens (tertiary/aromatic N) is 2. The lowest BCUT2D eigenvalue weighted by atomic mass is 10.0. The molecule has 0 saturated heterocycles. The van der Waals surface area contributed by atoms with Crippen molar-refractivity contribution in [2.45, 2.75) is 19.0 Å². The number of aromatic nitrogens is 1. The molecule has 2 N–H and O–H groups in total. The van der Waals surface area contributed by atoms with Gasteiger partial charge in [-0.3, -0.25) is 4.98 Å². The largest absolute Gasteiger partial charge is 0.433 e. The molecule has 0 aliphatic carbocycles. The SMILES string of the molecule is NN1CCCc2cnc(C(F)(F)F)cc21. The summed E-state index contributed by atoms with van der Waals surface area (Å²) in [5.74, 6) is 5.60. The average molecular weight is 217 g/mol. The number of anilines is 1. The Morgan fingerprint density at radius 3 is 2.80 bits per heavy atom. The summed E-state index contributed by atoms with van der Waals surface area (Å²) in [4.78, 5) is 3.39. The minimum Gasteiger partial charge on any atom is -0.311 e. The summed E-state index contributed by atoms with van der Waals surface area (Å²) in [5.41, 5.74) is 0.318. The van der Waals surface area contributed by atoms with Crippen LogP contribution in [0.2, 0.25) is 0 Å². The summed E-state index contributed by atoms with van der Waals surface area (Å²) >= 11 is 0. The highest BCUT2D eigenvalue weighted by Crippen LogP contribution is 2.32. The molecule has 0 amide bonds. The molecule has 0 fully saturated rings. The number of hydrazine groups is 1. The van der Waals surface area contributed by atoms with Crippen molar-refractivity contribution < 1.29 is 13.2 Å². The van der Waals surface area contributed by atoms with Gasteiger partial charge in [0.2, 0.25) is 0 Å². The van der Waals surface area contributed by atoms with E-state index in [9.17, 15) is 13.2 Å². The van der Waals surface area contributed by atoms with Crippen molar-refractivity contribution in [3.8, 4) is 0 Å². The lowest BCUT2D eigenvalue weighted by Crippen LogP contribution is -2.36. The summed E-state index contributed by atoms with van der Waals surface area (Å²) in [6, 6.07) is 1.01. The molecule has 2 rings (SSSR count). The van der Waals surface area contributed by atoms with Crippen molar-refractivity contribution in [2.75, 3.05) is 11.6 Å². The molecule has 0 atom stereocenters. The molecule has 2 heterocycles. The van der Waals surface area contributed by atoms with E-state index in [0.29, 0.717) is 12.2 Å². The highest BCUT2D eigenvalue weighted by molar-refractivity contribution is 5.54. The standard InChI is InChI=1S/C9H10F3N3/c10-9(11,12)8-4-7-6(5-14-8)2-1-3-15(7)13/h4-5H,1-3,13H2. The summed E-state index contributed by atoms with van der Waals surface area (Å²) in [7, 11) is 0. The van der Waals surface area contributed by atoms with Gasteiger partial charge < -0.3 is 5.01 Å². The summed E-state index contributed by atoms with van der Waals surface area (Å²) in [6.45, 7) is 0.578. The first kappa shape index (κ1) is 10.2. The van der Waals surface area contributed by atoms with Gasteiger partial charge in [-0.05, 0) is 24.5 Å². The molecule has 0 radical (unpaired) electrons. The molecule has 1 aromatic heterocycles. The van der Waals surface area contributed by atoms with Crippen molar-refractivity contribution in [3.63, 3.8) is 0 Å². The van der Waals surface area contributed by atoms with E-state index in [1.165, 1.54) is 11.2 Å². The Hall–Kier alpha value is -1.30. The number of fused-ring (bicyclic) bond motifs is 1. The minimum atomic E-state index is -4.41. The maximum Gasteiger partial charge on any atom is 0.433 e. The predicted molar refractivity (Wildman–Crippen MR) is 49.1 cm³/mol. The zero-order chi connectivity index (χ0) is 11.1. The van der Waals surface area contributed by atoms with Crippen LogP contribution in [0.15, 0.2) is 12.3 Å². The topological polar surface area (TPSA) is 42.1 Å². The van der Waals surface area contributed by atoms with Gasteiger partial charge in [-0.15, -0.1) is 0 Å². The van der Waals surface area contributed by atoms with Crippen LogP contribution < -0.4 is 10.9 Å². The van der Waals surface area contributed by atoms with E-state index in [-0.39, 0.29) is 0 Å².